The van der Waals surface area contributed by atoms with Gasteiger partial charge in [0.25, 0.3) is 0 Å². The Hall–Kier alpha value is -1.55. The molecular weight excluding hydrogens is 206 g/mol. The molecular formula is C12H17NO3. The fourth-order valence-electron chi connectivity index (χ4n) is 1.29. The summed E-state index contributed by atoms with van der Waals surface area (Å²) in [5, 5.41) is 9.09. The van der Waals surface area contributed by atoms with Gasteiger partial charge in [-0.15, -0.1) is 0 Å². The Kier molecular flexibility index (Phi) is 4.31. The molecule has 0 aliphatic carbocycles. The maximum absolute atomic E-state index is 11.3. The molecule has 4 nitrogen and oxygen atoms in total. The summed E-state index contributed by atoms with van der Waals surface area (Å²) in [6, 6.07) is 4.96. The van der Waals surface area contributed by atoms with Gasteiger partial charge in [-0.25, -0.2) is 0 Å². The Morgan fingerprint density at radius 3 is 2.81 bits per heavy atom. The molecule has 0 fully saturated rings. The Morgan fingerprint density at radius 2 is 2.25 bits per heavy atom. The number of hydrogen-bond donors (Lipinski definition) is 2. The zero-order chi connectivity index (χ0) is 12.1. The Bertz CT molecular complexity index is 375. The van der Waals surface area contributed by atoms with Gasteiger partial charge < -0.3 is 15.6 Å². The molecule has 0 aliphatic heterocycles. The van der Waals surface area contributed by atoms with E-state index in [9.17, 15) is 4.79 Å². The van der Waals surface area contributed by atoms with Crippen LogP contribution in [0, 0.1) is 0 Å². The second kappa shape index (κ2) is 5.51. The lowest BCUT2D eigenvalue weighted by molar-refractivity contribution is 0.101. The van der Waals surface area contributed by atoms with Crippen LogP contribution in [0.25, 0.3) is 0 Å². The van der Waals surface area contributed by atoms with Crippen LogP contribution >= 0.6 is 0 Å². The summed E-state index contributed by atoms with van der Waals surface area (Å²) in [5.74, 6) is 0.432. The summed E-state index contributed by atoms with van der Waals surface area (Å²) >= 11 is 0. The van der Waals surface area contributed by atoms with Gasteiger partial charge >= 0.3 is 0 Å². The number of hydrogen-bond acceptors (Lipinski definition) is 4. The summed E-state index contributed by atoms with van der Waals surface area (Å²) in [6.07, 6.45) is 0.122. The average Bonchev–Trinajstić information content (AvgIpc) is 2.19. The SMILES string of the molecule is CC(=O)c1cc(N)ccc1OCCC(C)O. The van der Waals surface area contributed by atoms with E-state index in [1.54, 1.807) is 25.1 Å². The number of Topliss-reactive ketones (excluding diaryl/α,β-unsaturated/α-hetero) is 1. The molecule has 0 radical (unpaired) electrons. The third-order valence-corrected chi connectivity index (χ3v) is 2.18. The maximum atomic E-state index is 11.3. The number of aliphatic hydroxyl groups is 1. The van der Waals surface area contributed by atoms with Crippen molar-refractivity contribution in [2.45, 2.75) is 26.4 Å². The van der Waals surface area contributed by atoms with Crippen LogP contribution in [0.2, 0.25) is 0 Å². The lowest BCUT2D eigenvalue weighted by atomic mass is 10.1. The van der Waals surface area contributed by atoms with Crippen molar-refractivity contribution >= 4 is 11.5 Å². The molecule has 1 rings (SSSR count). The van der Waals surface area contributed by atoms with Crippen LogP contribution in [0.3, 0.4) is 0 Å². The number of ketones is 1. The third-order valence-electron chi connectivity index (χ3n) is 2.18. The van der Waals surface area contributed by atoms with Crippen LogP contribution < -0.4 is 10.5 Å². The van der Waals surface area contributed by atoms with Crippen LogP contribution in [0.15, 0.2) is 18.2 Å². The summed E-state index contributed by atoms with van der Waals surface area (Å²) < 4.78 is 5.43. The molecule has 1 aromatic rings. The summed E-state index contributed by atoms with van der Waals surface area (Å²) in [7, 11) is 0. The van der Waals surface area contributed by atoms with E-state index in [0.29, 0.717) is 30.0 Å². The van der Waals surface area contributed by atoms with E-state index in [1.165, 1.54) is 6.92 Å². The lowest BCUT2D eigenvalue weighted by Crippen LogP contribution is -2.09. The topological polar surface area (TPSA) is 72.6 Å². The molecule has 1 aromatic carbocycles. The smallest absolute Gasteiger partial charge is 0.163 e. The van der Waals surface area contributed by atoms with Crippen LogP contribution in [0.4, 0.5) is 5.69 Å². The monoisotopic (exact) mass is 223 g/mol. The molecule has 16 heavy (non-hydrogen) atoms. The molecule has 0 saturated carbocycles. The molecule has 0 aromatic heterocycles. The van der Waals surface area contributed by atoms with Crippen molar-refractivity contribution < 1.29 is 14.6 Å². The van der Waals surface area contributed by atoms with Crippen LogP contribution in [0.5, 0.6) is 5.75 Å². The predicted octanol–water partition coefficient (Wildman–Crippen LogP) is 1.62. The zero-order valence-corrected chi connectivity index (χ0v) is 9.56. The predicted molar refractivity (Wildman–Crippen MR) is 62.7 cm³/mol. The van der Waals surface area contributed by atoms with E-state index in [1.807, 2.05) is 0 Å². The number of carbonyl (C=O) groups is 1. The number of benzene rings is 1. The fraction of sp³-hybridized carbons (Fsp3) is 0.417. The van der Waals surface area contributed by atoms with E-state index < -0.39 is 6.10 Å². The van der Waals surface area contributed by atoms with E-state index in [-0.39, 0.29) is 5.78 Å². The molecule has 0 heterocycles. The molecule has 0 aliphatic rings. The van der Waals surface area contributed by atoms with E-state index >= 15 is 0 Å². The molecule has 0 saturated heterocycles. The van der Waals surface area contributed by atoms with Crippen LogP contribution in [-0.2, 0) is 0 Å². The molecule has 0 amide bonds. The van der Waals surface area contributed by atoms with Crippen molar-refractivity contribution in [3.8, 4) is 5.75 Å². The number of carbonyl (C=O) groups excluding carboxylic acids is 1. The third kappa shape index (κ3) is 3.55. The largest absolute Gasteiger partial charge is 0.493 e. The maximum Gasteiger partial charge on any atom is 0.163 e. The average molecular weight is 223 g/mol. The summed E-state index contributed by atoms with van der Waals surface area (Å²) in [5.41, 5.74) is 6.61. The van der Waals surface area contributed by atoms with Crippen molar-refractivity contribution in [1.82, 2.24) is 0 Å². The van der Waals surface area contributed by atoms with Crippen molar-refractivity contribution in [2.75, 3.05) is 12.3 Å². The number of aliphatic hydroxyl groups excluding tert-OH is 1. The molecule has 88 valence electrons. The van der Waals surface area contributed by atoms with Gasteiger partial charge in [-0.05, 0) is 32.0 Å². The number of ether oxygens (including phenoxy) is 1. The Balaban J connectivity index is 2.75. The Labute approximate surface area is 95.0 Å². The van der Waals surface area contributed by atoms with Gasteiger partial charge in [-0.1, -0.05) is 0 Å². The summed E-state index contributed by atoms with van der Waals surface area (Å²) in [4.78, 5) is 11.3. The first-order valence-corrected chi connectivity index (χ1v) is 5.22. The minimum atomic E-state index is -0.408. The quantitative estimate of drug-likeness (QED) is 0.587. The van der Waals surface area contributed by atoms with E-state index in [0.717, 1.165) is 0 Å². The highest BCUT2D eigenvalue weighted by atomic mass is 16.5. The highest BCUT2D eigenvalue weighted by Gasteiger charge is 2.09. The fourth-order valence-corrected chi connectivity index (χ4v) is 1.29. The van der Waals surface area contributed by atoms with Gasteiger partial charge in [0.1, 0.15) is 5.75 Å². The van der Waals surface area contributed by atoms with Gasteiger partial charge in [-0.2, -0.15) is 0 Å². The van der Waals surface area contributed by atoms with Gasteiger partial charge in [-0.3, -0.25) is 4.79 Å². The zero-order valence-electron chi connectivity index (χ0n) is 9.56. The van der Waals surface area contributed by atoms with Gasteiger partial charge in [0.05, 0.1) is 18.3 Å². The van der Waals surface area contributed by atoms with Gasteiger partial charge in [0, 0.05) is 12.1 Å². The minimum absolute atomic E-state index is 0.0839. The number of anilines is 1. The highest BCUT2D eigenvalue weighted by Crippen LogP contribution is 2.22. The highest BCUT2D eigenvalue weighted by molar-refractivity contribution is 5.97. The van der Waals surface area contributed by atoms with Crippen LogP contribution in [-0.4, -0.2) is 23.6 Å². The van der Waals surface area contributed by atoms with Crippen molar-refractivity contribution in [3.63, 3.8) is 0 Å². The van der Waals surface area contributed by atoms with Crippen molar-refractivity contribution in [2.24, 2.45) is 0 Å². The first kappa shape index (κ1) is 12.5. The van der Waals surface area contributed by atoms with E-state index in [2.05, 4.69) is 0 Å². The number of nitrogen functional groups attached to an aromatic ring is 1. The normalized spacial score (nSPS) is 12.2. The first-order valence-electron chi connectivity index (χ1n) is 5.22. The number of nitrogens with two attached hydrogens (primary N) is 1. The molecule has 0 bridgehead atoms. The van der Waals surface area contributed by atoms with E-state index in [4.69, 9.17) is 15.6 Å². The van der Waals surface area contributed by atoms with Crippen molar-refractivity contribution in [3.05, 3.63) is 23.8 Å². The summed E-state index contributed by atoms with van der Waals surface area (Å²) in [6.45, 7) is 3.54. The number of rotatable bonds is 5. The molecule has 0 spiro atoms. The Morgan fingerprint density at radius 1 is 1.56 bits per heavy atom. The molecule has 4 heteroatoms. The molecule has 1 atom stereocenters. The second-order valence-electron chi connectivity index (χ2n) is 3.80. The standard InChI is InChI=1S/C12H17NO3/c1-8(14)5-6-16-12-4-3-10(13)7-11(12)9(2)15/h3-4,7-8,14H,5-6,13H2,1-2H3. The van der Waals surface area contributed by atoms with Crippen molar-refractivity contribution in [1.29, 1.82) is 0 Å². The van der Waals surface area contributed by atoms with Gasteiger partial charge in [0.2, 0.25) is 0 Å². The first-order chi connectivity index (χ1) is 7.50. The molecule has 3 N–H and O–H groups in total. The van der Waals surface area contributed by atoms with Gasteiger partial charge in [0.15, 0.2) is 5.78 Å². The second-order valence-corrected chi connectivity index (χ2v) is 3.80. The minimum Gasteiger partial charge on any atom is -0.493 e. The lowest BCUT2D eigenvalue weighted by Gasteiger charge is -2.11. The molecule has 1 unspecified atom stereocenters. The van der Waals surface area contributed by atoms with Crippen LogP contribution in [0.1, 0.15) is 30.6 Å².